The lowest BCUT2D eigenvalue weighted by Crippen LogP contribution is -1.94. The van der Waals surface area contributed by atoms with Gasteiger partial charge in [0.1, 0.15) is 0 Å². The largest absolute Gasteiger partial charge is 0.256 e. The molecule has 0 saturated heterocycles. The number of hydrogen-bond donors (Lipinski definition) is 0. The number of hydrogen-bond acceptors (Lipinski definition) is 1. The van der Waals surface area contributed by atoms with Gasteiger partial charge in [0.2, 0.25) is 0 Å². The first-order valence-corrected chi connectivity index (χ1v) is 9.32. The molecule has 0 radical (unpaired) electrons. The van der Waals surface area contributed by atoms with Crippen LogP contribution in [0.5, 0.6) is 0 Å². The zero-order valence-corrected chi connectivity index (χ0v) is 16.0. The molecule has 132 valence electrons. The fraction of sp³-hybridized carbons (Fsp3) is 0.115. The molecule has 1 heteroatoms. The Kier molecular flexibility index (Phi) is 4.60. The Labute approximate surface area is 161 Å². The third-order valence-electron chi connectivity index (χ3n) is 5.12. The minimum absolute atomic E-state index is 1.02. The first-order valence-electron chi connectivity index (χ1n) is 9.32. The quantitative estimate of drug-likeness (QED) is 0.388. The summed E-state index contributed by atoms with van der Waals surface area (Å²) in [5, 5.41) is 0. The van der Waals surface area contributed by atoms with Gasteiger partial charge in [-0.2, -0.15) is 0 Å². The van der Waals surface area contributed by atoms with Crippen molar-refractivity contribution in [3.05, 3.63) is 102 Å². The van der Waals surface area contributed by atoms with Crippen molar-refractivity contribution in [2.24, 2.45) is 0 Å². The van der Waals surface area contributed by atoms with E-state index in [0.717, 1.165) is 5.69 Å². The summed E-state index contributed by atoms with van der Waals surface area (Å²) in [6, 6.07) is 27.9. The highest BCUT2D eigenvalue weighted by Gasteiger charge is 2.12. The van der Waals surface area contributed by atoms with E-state index in [1.165, 1.54) is 44.5 Å². The highest BCUT2D eigenvalue weighted by molar-refractivity contribution is 5.79. The van der Waals surface area contributed by atoms with E-state index in [0.29, 0.717) is 0 Å². The van der Waals surface area contributed by atoms with Gasteiger partial charge in [-0.1, -0.05) is 66.7 Å². The second-order valence-corrected chi connectivity index (χ2v) is 7.10. The molecular formula is C26H23N. The molecule has 0 bridgehead atoms. The maximum atomic E-state index is 4.76. The Morgan fingerprint density at radius 2 is 1.04 bits per heavy atom. The summed E-state index contributed by atoms with van der Waals surface area (Å²) in [7, 11) is 0. The summed E-state index contributed by atoms with van der Waals surface area (Å²) < 4.78 is 0. The van der Waals surface area contributed by atoms with Crippen molar-refractivity contribution in [3.63, 3.8) is 0 Å². The smallest absolute Gasteiger partial charge is 0.0711 e. The molecule has 0 amide bonds. The summed E-state index contributed by atoms with van der Waals surface area (Å²) >= 11 is 0. The predicted molar refractivity (Wildman–Crippen MR) is 115 cm³/mol. The maximum absolute atomic E-state index is 4.76. The van der Waals surface area contributed by atoms with Gasteiger partial charge in [0.05, 0.1) is 5.69 Å². The van der Waals surface area contributed by atoms with Crippen molar-refractivity contribution in [3.8, 4) is 33.5 Å². The standard InChI is InChI=1S/C26H23N/c1-18-14-19(2)25(15-23(18)21-10-6-4-7-11-21)26-16-24(20(3)17-27-26)22-12-8-5-9-13-22/h4-17H,1-3H3. The van der Waals surface area contributed by atoms with Gasteiger partial charge in [-0.25, -0.2) is 0 Å². The molecule has 1 heterocycles. The van der Waals surface area contributed by atoms with E-state index in [4.69, 9.17) is 4.98 Å². The molecule has 0 aliphatic carbocycles. The Morgan fingerprint density at radius 3 is 1.63 bits per heavy atom. The van der Waals surface area contributed by atoms with Crippen LogP contribution in [0.1, 0.15) is 16.7 Å². The molecule has 27 heavy (non-hydrogen) atoms. The number of pyridine rings is 1. The average Bonchev–Trinajstić information content (AvgIpc) is 2.70. The third kappa shape index (κ3) is 3.41. The van der Waals surface area contributed by atoms with E-state index >= 15 is 0 Å². The van der Waals surface area contributed by atoms with Crippen LogP contribution in [-0.4, -0.2) is 4.98 Å². The van der Waals surface area contributed by atoms with Crippen molar-refractivity contribution < 1.29 is 0 Å². The molecule has 1 nitrogen and oxygen atoms in total. The van der Waals surface area contributed by atoms with Crippen molar-refractivity contribution >= 4 is 0 Å². The molecule has 4 rings (SSSR count). The van der Waals surface area contributed by atoms with E-state index in [1.807, 2.05) is 6.20 Å². The molecule has 0 unspecified atom stereocenters. The van der Waals surface area contributed by atoms with Crippen LogP contribution in [0.15, 0.2) is 85.1 Å². The molecule has 1 aromatic heterocycles. The predicted octanol–water partition coefficient (Wildman–Crippen LogP) is 7.01. The highest BCUT2D eigenvalue weighted by atomic mass is 14.7. The van der Waals surface area contributed by atoms with E-state index in [9.17, 15) is 0 Å². The van der Waals surface area contributed by atoms with Crippen LogP contribution < -0.4 is 0 Å². The molecule has 0 spiro atoms. The Balaban J connectivity index is 1.87. The zero-order valence-electron chi connectivity index (χ0n) is 16.0. The molecule has 3 aromatic carbocycles. The summed E-state index contributed by atoms with van der Waals surface area (Å²) in [6.07, 6.45) is 1.99. The number of aryl methyl sites for hydroxylation is 3. The summed E-state index contributed by atoms with van der Waals surface area (Å²) in [4.78, 5) is 4.76. The lowest BCUT2D eigenvalue weighted by atomic mass is 9.92. The van der Waals surface area contributed by atoms with E-state index < -0.39 is 0 Å². The van der Waals surface area contributed by atoms with Crippen LogP contribution in [-0.2, 0) is 0 Å². The van der Waals surface area contributed by atoms with Crippen LogP contribution in [0.4, 0.5) is 0 Å². The summed E-state index contributed by atoms with van der Waals surface area (Å²) in [6.45, 7) is 6.47. The van der Waals surface area contributed by atoms with Gasteiger partial charge in [-0.3, -0.25) is 4.98 Å². The molecule has 0 aliphatic rings. The molecule has 0 fully saturated rings. The zero-order chi connectivity index (χ0) is 18.8. The first-order chi connectivity index (χ1) is 13.1. The van der Waals surface area contributed by atoms with Crippen LogP contribution in [0.2, 0.25) is 0 Å². The van der Waals surface area contributed by atoms with E-state index in [1.54, 1.807) is 0 Å². The van der Waals surface area contributed by atoms with Gasteiger partial charge < -0.3 is 0 Å². The van der Waals surface area contributed by atoms with Gasteiger partial charge >= 0.3 is 0 Å². The van der Waals surface area contributed by atoms with Gasteiger partial charge in [0, 0.05) is 11.8 Å². The number of aromatic nitrogens is 1. The first kappa shape index (κ1) is 17.2. The van der Waals surface area contributed by atoms with Crippen molar-refractivity contribution in [2.75, 3.05) is 0 Å². The topological polar surface area (TPSA) is 12.9 Å². The molecular weight excluding hydrogens is 326 g/mol. The minimum Gasteiger partial charge on any atom is -0.256 e. The lowest BCUT2D eigenvalue weighted by Gasteiger charge is -2.14. The second kappa shape index (κ2) is 7.20. The number of rotatable bonds is 3. The molecule has 0 aliphatic heterocycles. The third-order valence-corrected chi connectivity index (χ3v) is 5.12. The van der Waals surface area contributed by atoms with Crippen LogP contribution in [0.3, 0.4) is 0 Å². The Hall–Kier alpha value is -3.19. The molecule has 4 aromatic rings. The lowest BCUT2D eigenvalue weighted by molar-refractivity contribution is 1.25. The summed E-state index contributed by atoms with van der Waals surface area (Å²) in [5.74, 6) is 0. The van der Waals surface area contributed by atoms with E-state index in [2.05, 4.69) is 99.6 Å². The monoisotopic (exact) mass is 349 g/mol. The van der Waals surface area contributed by atoms with Gasteiger partial charge in [0.25, 0.3) is 0 Å². The second-order valence-electron chi connectivity index (χ2n) is 7.10. The Bertz CT molecular complexity index is 1080. The molecule has 0 atom stereocenters. The Morgan fingerprint density at radius 1 is 0.519 bits per heavy atom. The van der Waals surface area contributed by atoms with Crippen LogP contribution >= 0.6 is 0 Å². The van der Waals surface area contributed by atoms with E-state index in [-0.39, 0.29) is 0 Å². The van der Waals surface area contributed by atoms with Crippen molar-refractivity contribution in [1.29, 1.82) is 0 Å². The average molecular weight is 349 g/mol. The number of nitrogens with zero attached hydrogens (tertiary/aromatic N) is 1. The fourth-order valence-electron chi connectivity index (χ4n) is 3.66. The van der Waals surface area contributed by atoms with Gasteiger partial charge in [-0.15, -0.1) is 0 Å². The van der Waals surface area contributed by atoms with Crippen molar-refractivity contribution in [1.82, 2.24) is 4.98 Å². The van der Waals surface area contributed by atoms with Crippen LogP contribution in [0.25, 0.3) is 33.5 Å². The van der Waals surface area contributed by atoms with Gasteiger partial charge in [-0.05, 0) is 71.8 Å². The summed E-state index contributed by atoms with van der Waals surface area (Å²) in [5.41, 5.74) is 10.9. The maximum Gasteiger partial charge on any atom is 0.0711 e. The van der Waals surface area contributed by atoms with Crippen molar-refractivity contribution in [2.45, 2.75) is 20.8 Å². The highest BCUT2D eigenvalue weighted by Crippen LogP contribution is 2.33. The molecule has 0 saturated carbocycles. The minimum atomic E-state index is 1.02. The SMILES string of the molecule is Cc1cnc(-c2cc(-c3ccccc3)c(C)cc2C)cc1-c1ccccc1. The van der Waals surface area contributed by atoms with Gasteiger partial charge in [0.15, 0.2) is 0 Å². The number of benzene rings is 3. The molecule has 0 N–H and O–H groups in total. The fourth-order valence-corrected chi connectivity index (χ4v) is 3.66. The van der Waals surface area contributed by atoms with Crippen LogP contribution in [0, 0.1) is 20.8 Å². The normalized spacial score (nSPS) is 10.8.